The number of hydrogen-bond acceptors (Lipinski definition) is 3. The van der Waals surface area contributed by atoms with E-state index in [0.717, 1.165) is 0 Å². The van der Waals surface area contributed by atoms with Crippen molar-refractivity contribution in [1.82, 2.24) is 9.55 Å². The highest BCUT2D eigenvalue weighted by Gasteiger charge is 2.15. The Morgan fingerprint density at radius 3 is 2.88 bits per heavy atom. The van der Waals surface area contributed by atoms with Gasteiger partial charge in [-0.1, -0.05) is 12.1 Å². The van der Waals surface area contributed by atoms with Crippen LogP contribution in [0.25, 0.3) is 10.9 Å². The molecule has 0 spiro atoms. The molecular formula is C11H7N3O2. The van der Waals surface area contributed by atoms with Gasteiger partial charge in [-0.3, -0.25) is 14.2 Å². The maximum Gasteiger partial charge on any atom is 0.265 e. The van der Waals surface area contributed by atoms with Crippen molar-refractivity contribution in [3.63, 3.8) is 0 Å². The lowest BCUT2D eigenvalue weighted by Gasteiger charge is -2.11. The molecule has 2 heterocycles. The van der Waals surface area contributed by atoms with Crippen LogP contribution < -0.4 is 5.56 Å². The largest absolute Gasteiger partial charge is 0.282 e. The Bertz CT molecular complexity index is 685. The number of aliphatic imine (C=N–C) groups is 1. The molecule has 0 aliphatic carbocycles. The molecule has 0 unspecified atom stereocenters. The van der Waals surface area contributed by atoms with Gasteiger partial charge < -0.3 is 0 Å². The number of fused-ring (bicyclic) bond motifs is 2. The summed E-state index contributed by atoms with van der Waals surface area (Å²) >= 11 is 0. The molecule has 1 aliphatic rings. The molecule has 1 aromatic heterocycles. The first kappa shape index (κ1) is 8.96. The molecule has 0 fully saturated rings. The second-order valence-corrected chi connectivity index (χ2v) is 3.53. The molecule has 5 nitrogen and oxygen atoms in total. The van der Waals surface area contributed by atoms with E-state index in [-0.39, 0.29) is 18.0 Å². The van der Waals surface area contributed by atoms with Gasteiger partial charge in [0.1, 0.15) is 6.54 Å². The van der Waals surface area contributed by atoms with Crippen LogP contribution in [0, 0.1) is 0 Å². The second-order valence-electron chi connectivity index (χ2n) is 3.53. The van der Waals surface area contributed by atoms with Crippen LogP contribution in [0.2, 0.25) is 0 Å². The van der Waals surface area contributed by atoms with Crippen LogP contribution >= 0.6 is 0 Å². The van der Waals surface area contributed by atoms with Gasteiger partial charge in [-0.25, -0.2) is 9.98 Å². The van der Waals surface area contributed by atoms with Crippen molar-refractivity contribution in [2.75, 3.05) is 0 Å². The van der Waals surface area contributed by atoms with Crippen LogP contribution in [0.1, 0.15) is 5.82 Å². The number of amides is 1. The summed E-state index contributed by atoms with van der Waals surface area (Å²) in [6, 6.07) is 7.06. The molecule has 0 radical (unpaired) electrons. The van der Waals surface area contributed by atoms with Crippen LogP contribution in [0.15, 0.2) is 34.1 Å². The fraction of sp³-hybridized carbons (Fsp3) is 0.0909. The fourth-order valence-corrected chi connectivity index (χ4v) is 1.74. The summed E-state index contributed by atoms with van der Waals surface area (Å²) < 4.78 is 1.34. The van der Waals surface area contributed by atoms with Crippen molar-refractivity contribution in [3.8, 4) is 0 Å². The molecule has 78 valence electrons. The van der Waals surface area contributed by atoms with Gasteiger partial charge in [0.05, 0.1) is 17.1 Å². The maximum absolute atomic E-state index is 12.0. The van der Waals surface area contributed by atoms with Gasteiger partial charge in [0.25, 0.3) is 11.5 Å². The quantitative estimate of drug-likeness (QED) is 0.634. The lowest BCUT2D eigenvalue weighted by Crippen LogP contribution is -2.30. The molecule has 0 saturated carbocycles. The second kappa shape index (κ2) is 3.10. The highest BCUT2D eigenvalue weighted by Crippen LogP contribution is 2.08. The number of nitrogens with zero attached hydrogens (tertiary/aromatic N) is 3. The van der Waals surface area contributed by atoms with Crippen molar-refractivity contribution in [2.45, 2.75) is 6.54 Å². The van der Waals surface area contributed by atoms with E-state index in [1.807, 2.05) is 6.07 Å². The first-order valence-corrected chi connectivity index (χ1v) is 4.82. The summed E-state index contributed by atoms with van der Waals surface area (Å²) in [7, 11) is 0. The molecule has 0 bridgehead atoms. The van der Waals surface area contributed by atoms with Crippen LogP contribution in [-0.2, 0) is 11.3 Å². The lowest BCUT2D eigenvalue weighted by molar-refractivity contribution is -0.118. The SMILES string of the molecule is O=C1Cn2c(nc3ccccc3c2=O)C=N1. The van der Waals surface area contributed by atoms with E-state index in [1.54, 1.807) is 18.2 Å². The predicted molar refractivity (Wildman–Crippen MR) is 58.6 cm³/mol. The first-order chi connectivity index (χ1) is 7.75. The average molecular weight is 213 g/mol. The van der Waals surface area contributed by atoms with Crippen molar-refractivity contribution < 1.29 is 4.79 Å². The first-order valence-electron chi connectivity index (χ1n) is 4.82. The van der Waals surface area contributed by atoms with Crippen LogP contribution in [-0.4, -0.2) is 21.7 Å². The summed E-state index contributed by atoms with van der Waals surface area (Å²) in [6.07, 6.45) is 1.33. The van der Waals surface area contributed by atoms with Crippen molar-refractivity contribution in [1.29, 1.82) is 0 Å². The van der Waals surface area contributed by atoms with Gasteiger partial charge in [0, 0.05) is 0 Å². The van der Waals surface area contributed by atoms with Crippen LogP contribution in [0.4, 0.5) is 0 Å². The van der Waals surface area contributed by atoms with E-state index in [0.29, 0.717) is 16.7 Å². The van der Waals surface area contributed by atoms with E-state index < -0.39 is 0 Å². The van der Waals surface area contributed by atoms with E-state index in [1.165, 1.54) is 10.8 Å². The number of carbonyl (C=O) groups is 1. The topological polar surface area (TPSA) is 64.3 Å². The van der Waals surface area contributed by atoms with Gasteiger partial charge in [-0.15, -0.1) is 0 Å². The van der Waals surface area contributed by atoms with Gasteiger partial charge in [0.2, 0.25) is 0 Å². The van der Waals surface area contributed by atoms with Crippen LogP contribution in [0.5, 0.6) is 0 Å². The summed E-state index contributed by atoms with van der Waals surface area (Å²) in [5, 5.41) is 0.523. The summed E-state index contributed by atoms with van der Waals surface area (Å²) in [4.78, 5) is 31.1. The van der Waals surface area contributed by atoms with Gasteiger partial charge in [0.15, 0.2) is 5.82 Å². The Kier molecular flexibility index (Phi) is 1.73. The molecule has 1 aliphatic heterocycles. The Morgan fingerprint density at radius 1 is 1.19 bits per heavy atom. The maximum atomic E-state index is 12.0. The molecule has 5 heteroatoms. The van der Waals surface area contributed by atoms with Crippen molar-refractivity contribution in [3.05, 3.63) is 40.4 Å². The number of para-hydroxylation sites is 1. The molecular weight excluding hydrogens is 206 g/mol. The third-order valence-corrected chi connectivity index (χ3v) is 2.51. The number of carbonyl (C=O) groups excluding carboxylic acids is 1. The molecule has 1 amide bonds. The van der Waals surface area contributed by atoms with E-state index in [9.17, 15) is 9.59 Å². The molecule has 0 saturated heterocycles. The third-order valence-electron chi connectivity index (χ3n) is 2.51. The van der Waals surface area contributed by atoms with Gasteiger partial charge in [-0.05, 0) is 12.1 Å². The van der Waals surface area contributed by atoms with Gasteiger partial charge in [-0.2, -0.15) is 0 Å². The average Bonchev–Trinajstić information content (AvgIpc) is 2.31. The molecule has 1 aromatic carbocycles. The smallest absolute Gasteiger partial charge is 0.265 e. The molecule has 3 rings (SSSR count). The number of rotatable bonds is 0. The van der Waals surface area contributed by atoms with Gasteiger partial charge >= 0.3 is 0 Å². The summed E-state index contributed by atoms with van der Waals surface area (Å²) in [5.41, 5.74) is 0.430. The minimum absolute atomic E-state index is 0.0253. The van der Waals surface area contributed by atoms with Crippen molar-refractivity contribution in [2.24, 2.45) is 4.99 Å². The molecule has 16 heavy (non-hydrogen) atoms. The standard InChI is InChI=1S/C11H7N3O2/c15-10-6-14-9(5-12-10)13-8-4-2-1-3-7(8)11(14)16/h1-5H,6H2. The highest BCUT2D eigenvalue weighted by atomic mass is 16.2. The minimum Gasteiger partial charge on any atom is -0.282 e. The summed E-state index contributed by atoms with van der Waals surface area (Å²) in [5.74, 6) is 0.106. The molecule has 0 atom stereocenters. The Hall–Kier alpha value is -2.30. The minimum atomic E-state index is -0.327. The Morgan fingerprint density at radius 2 is 2.00 bits per heavy atom. The normalized spacial score (nSPS) is 14.1. The van der Waals surface area contributed by atoms with E-state index in [4.69, 9.17) is 0 Å². The highest BCUT2D eigenvalue weighted by molar-refractivity contribution is 5.94. The summed E-state index contributed by atoms with van der Waals surface area (Å²) in [6.45, 7) is -0.0253. The molecule has 0 N–H and O–H groups in total. The monoisotopic (exact) mass is 213 g/mol. The van der Waals surface area contributed by atoms with E-state index >= 15 is 0 Å². The number of benzene rings is 1. The van der Waals surface area contributed by atoms with E-state index in [2.05, 4.69) is 9.98 Å². The zero-order valence-electron chi connectivity index (χ0n) is 8.25. The number of hydrogen-bond donors (Lipinski definition) is 0. The Balaban J connectivity index is 2.44. The zero-order valence-corrected chi connectivity index (χ0v) is 8.25. The lowest BCUT2D eigenvalue weighted by atomic mass is 10.2. The third kappa shape index (κ3) is 1.18. The molecule has 2 aromatic rings. The van der Waals surface area contributed by atoms with Crippen LogP contribution in [0.3, 0.4) is 0 Å². The fourth-order valence-electron chi connectivity index (χ4n) is 1.74. The number of aromatic nitrogens is 2. The zero-order chi connectivity index (χ0) is 11.1. The Labute approximate surface area is 90.1 Å². The van der Waals surface area contributed by atoms with Crippen molar-refractivity contribution >= 4 is 23.0 Å². The predicted octanol–water partition coefficient (Wildman–Crippen LogP) is 0.356.